The number of carbonyl (C=O) groups is 1. The van der Waals surface area contributed by atoms with E-state index in [0.717, 1.165) is 33.0 Å². The predicted octanol–water partition coefficient (Wildman–Crippen LogP) is 5.25. The van der Waals surface area contributed by atoms with Crippen molar-refractivity contribution >= 4 is 34.5 Å². The molecule has 1 heterocycles. The summed E-state index contributed by atoms with van der Waals surface area (Å²) in [7, 11) is 0. The number of benzene rings is 3. The highest BCUT2D eigenvalue weighted by Gasteiger charge is 2.12. The van der Waals surface area contributed by atoms with Crippen LogP contribution in [0.2, 0.25) is 0 Å². The Hall–Kier alpha value is -3.25. The van der Waals surface area contributed by atoms with Gasteiger partial charge in [-0.2, -0.15) is 0 Å². The van der Waals surface area contributed by atoms with Crippen molar-refractivity contribution in [2.24, 2.45) is 0 Å². The van der Waals surface area contributed by atoms with Gasteiger partial charge in [0.1, 0.15) is 5.82 Å². The molecule has 3 aromatic carbocycles. The van der Waals surface area contributed by atoms with E-state index in [4.69, 9.17) is 4.98 Å². The fourth-order valence-corrected chi connectivity index (χ4v) is 3.73. The molecule has 1 aromatic heterocycles. The molecule has 0 saturated heterocycles. The number of aromatic nitrogens is 2. The zero-order valence-corrected chi connectivity index (χ0v) is 16.9. The fourth-order valence-electron chi connectivity index (χ4n) is 3.27. The highest BCUT2D eigenvalue weighted by Crippen LogP contribution is 2.24. The lowest BCUT2D eigenvalue weighted by atomic mass is 10.2. The molecule has 0 aliphatic rings. The van der Waals surface area contributed by atoms with Gasteiger partial charge >= 0.3 is 6.03 Å². The summed E-state index contributed by atoms with van der Waals surface area (Å²) in [6.45, 7) is 1.12. The molecule has 0 fully saturated rings. The topological polar surface area (TPSA) is 59.0 Å². The number of hydrogen-bond acceptors (Lipinski definition) is 3. The Labute approximate surface area is 174 Å². The lowest BCUT2D eigenvalue weighted by molar-refractivity contribution is 0.251. The molecule has 2 amide bonds. The number of nitrogens with zero attached hydrogens (tertiary/aromatic N) is 2. The first-order chi connectivity index (χ1) is 14.2. The summed E-state index contributed by atoms with van der Waals surface area (Å²) in [5, 5.41) is 5.84. The van der Waals surface area contributed by atoms with Crippen LogP contribution in [0.5, 0.6) is 0 Å². The lowest BCUT2D eigenvalue weighted by Gasteiger charge is -2.12. The summed E-state index contributed by atoms with van der Waals surface area (Å²) in [6.07, 6.45) is 2.01. The van der Waals surface area contributed by atoms with E-state index in [1.165, 1.54) is 0 Å². The maximum absolute atomic E-state index is 12.3. The third kappa shape index (κ3) is 4.43. The molecule has 2 N–H and O–H groups in total. The second-order valence-electron chi connectivity index (χ2n) is 6.55. The second kappa shape index (κ2) is 8.84. The molecule has 6 heteroatoms. The van der Waals surface area contributed by atoms with Gasteiger partial charge in [0.15, 0.2) is 0 Å². The van der Waals surface area contributed by atoms with E-state index in [0.29, 0.717) is 13.1 Å². The van der Waals surface area contributed by atoms with Crippen molar-refractivity contribution < 1.29 is 4.79 Å². The number of amides is 2. The van der Waals surface area contributed by atoms with Crippen molar-refractivity contribution in [3.05, 3.63) is 78.9 Å². The number of rotatable bonds is 6. The van der Waals surface area contributed by atoms with Crippen molar-refractivity contribution in [3.63, 3.8) is 0 Å². The van der Waals surface area contributed by atoms with Crippen LogP contribution in [-0.4, -0.2) is 28.4 Å². The standard InChI is InChI=1S/C23H22N4OS/c1-29-19-11-7-10-18(16-19)25-23(28)24-14-15-27-21-13-6-5-12-20(21)26-22(27)17-8-3-2-4-9-17/h2-13,16H,14-15H2,1H3,(H2,24,25,28). The van der Waals surface area contributed by atoms with E-state index < -0.39 is 0 Å². The Balaban J connectivity index is 1.47. The Kier molecular flexibility index (Phi) is 5.81. The summed E-state index contributed by atoms with van der Waals surface area (Å²) in [5.41, 5.74) is 3.85. The Morgan fingerprint density at radius 2 is 1.79 bits per heavy atom. The highest BCUT2D eigenvalue weighted by molar-refractivity contribution is 7.98. The van der Waals surface area contributed by atoms with Crippen LogP contribution < -0.4 is 10.6 Å². The number of carbonyl (C=O) groups excluding carboxylic acids is 1. The number of fused-ring (bicyclic) bond motifs is 1. The number of hydrogen-bond donors (Lipinski definition) is 2. The fraction of sp³-hybridized carbons (Fsp3) is 0.130. The van der Waals surface area contributed by atoms with Crippen LogP contribution in [0.1, 0.15) is 0 Å². The monoisotopic (exact) mass is 402 g/mol. The summed E-state index contributed by atoms with van der Waals surface area (Å²) in [5.74, 6) is 0.904. The number of imidazole rings is 1. The number of thioether (sulfide) groups is 1. The number of nitrogens with one attached hydrogen (secondary N) is 2. The van der Waals surface area contributed by atoms with E-state index in [-0.39, 0.29) is 6.03 Å². The third-order valence-electron chi connectivity index (χ3n) is 4.64. The van der Waals surface area contributed by atoms with Gasteiger partial charge in [0.2, 0.25) is 0 Å². The highest BCUT2D eigenvalue weighted by atomic mass is 32.2. The van der Waals surface area contributed by atoms with Gasteiger partial charge in [0.05, 0.1) is 11.0 Å². The smallest absolute Gasteiger partial charge is 0.319 e. The molecule has 5 nitrogen and oxygen atoms in total. The largest absolute Gasteiger partial charge is 0.336 e. The average Bonchev–Trinajstić information content (AvgIpc) is 3.13. The molecule has 0 atom stereocenters. The van der Waals surface area contributed by atoms with Crippen LogP contribution in [0.4, 0.5) is 10.5 Å². The van der Waals surface area contributed by atoms with Gasteiger partial charge in [-0.3, -0.25) is 0 Å². The quantitative estimate of drug-likeness (QED) is 0.433. The summed E-state index contributed by atoms with van der Waals surface area (Å²) < 4.78 is 2.15. The Morgan fingerprint density at radius 3 is 2.62 bits per heavy atom. The van der Waals surface area contributed by atoms with Crippen LogP contribution in [0.25, 0.3) is 22.4 Å². The van der Waals surface area contributed by atoms with Gasteiger partial charge < -0.3 is 15.2 Å². The van der Waals surface area contributed by atoms with E-state index in [9.17, 15) is 4.79 Å². The average molecular weight is 403 g/mol. The molecule has 4 rings (SSSR count). The van der Waals surface area contributed by atoms with Gasteiger partial charge in [-0.1, -0.05) is 48.5 Å². The van der Waals surface area contributed by atoms with E-state index >= 15 is 0 Å². The zero-order chi connectivity index (χ0) is 20.1. The van der Waals surface area contributed by atoms with Gasteiger partial charge in [0.25, 0.3) is 0 Å². The lowest BCUT2D eigenvalue weighted by Crippen LogP contribution is -2.31. The third-order valence-corrected chi connectivity index (χ3v) is 5.36. The summed E-state index contributed by atoms with van der Waals surface area (Å²) in [6, 6.07) is 25.8. The Morgan fingerprint density at radius 1 is 1.00 bits per heavy atom. The normalized spacial score (nSPS) is 10.8. The van der Waals surface area contributed by atoms with Crippen molar-refractivity contribution in [2.75, 3.05) is 18.1 Å². The number of urea groups is 1. The number of anilines is 1. The molecule has 146 valence electrons. The molecule has 0 aliphatic carbocycles. The molecule has 0 unspecified atom stereocenters. The first kappa shape index (κ1) is 19.1. The van der Waals surface area contributed by atoms with E-state index in [1.807, 2.05) is 66.9 Å². The summed E-state index contributed by atoms with van der Waals surface area (Å²) in [4.78, 5) is 18.2. The van der Waals surface area contributed by atoms with E-state index in [1.54, 1.807) is 11.8 Å². The van der Waals surface area contributed by atoms with Gasteiger partial charge in [0, 0.05) is 29.2 Å². The van der Waals surface area contributed by atoms with Crippen LogP contribution in [0.3, 0.4) is 0 Å². The van der Waals surface area contributed by atoms with Crippen molar-refractivity contribution in [1.82, 2.24) is 14.9 Å². The minimum Gasteiger partial charge on any atom is -0.336 e. The van der Waals surface area contributed by atoms with Gasteiger partial charge in [-0.15, -0.1) is 11.8 Å². The van der Waals surface area contributed by atoms with E-state index in [2.05, 4.69) is 33.4 Å². The maximum Gasteiger partial charge on any atom is 0.319 e. The predicted molar refractivity (Wildman–Crippen MR) is 120 cm³/mol. The minimum atomic E-state index is -0.214. The molecule has 29 heavy (non-hydrogen) atoms. The van der Waals surface area contributed by atoms with Crippen LogP contribution in [0.15, 0.2) is 83.8 Å². The molecule has 4 aromatic rings. The van der Waals surface area contributed by atoms with Crippen LogP contribution >= 0.6 is 11.8 Å². The zero-order valence-electron chi connectivity index (χ0n) is 16.1. The molecule has 0 spiro atoms. The maximum atomic E-state index is 12.3. The first-order valence-corrected chi connectivity index (χ1v) is 10.7. The molecule has 0 saturated carbocycles. The molecular formula is C23H22N4OS. The van der Waals surface area contributed by atoms with Crippen LogP contribution in [0, 0.1) is 0 Å². The molecular weight excluding hydrogens is 380 g/mol. The van der Waals surface area contributed by atoms with Crippen molar-refractivity contribution in [2.45, 2.75) is 11.4 Å². The second-order valence-corrected chi connectivity index (χ2v) is 7.43. The van der Waals surface area contributed by atoms with Crippen molar-refractivity contribution in [3.8, 4) is 11.4 Å². The summed E-state index contributed by atoms with van der Waals surface area (Å²) >= 11 is 1.64. The van der Waals surface area contributed by atoms with Crippen molar-refractivity contribution in [1.29, 1.82) is 0 Å². The number of para-hydroxylation sites is 2. The van der Waals surface area contributed by atoms with Crippen LogP contribution in [-0.2, 0) is 6.54 Å². The van der Waals surface area contributed by atoms with Gasteiger partial charge in [-0.05, 0) is 36.6 Å². The molecule has 0 bridgehead atoms. The SMILES string of the molecule is CSc1cccc(NC(=O)NCCn2c(-c3ccccc3)nc3ccccc32)c1. The molecule has 0 radical (unpaired) electrons. The molecule has 0 aliphatic heterocycles. The Bertz CT molecular complexity index is 1120. The minimum absolute atomic E-state index is 0.214. The van der Waals surface area contributed by atoms with Gasteiger partial charge in [-0.25, -0.2) is 9.78 Å². The first-order valence-electron chi connectivity index (χ1n) is 9.44.